The van der Waals surface area contributed by atoms with Crippen LogP contribution >= 0.6 is 0 Å². The van der Waals surface area contributed by atoms with Gasteiger partial charge in [0.1, 0.15) is 0 Å². The lowest BCUT2D eigenvalue weighted by atomic mass is 9.74. The lowest BCUT2D eigenvalue weighted by Gasteiger charge is -2.39. The molecule has 5 heteroatoms. The molecule has 1 unspecified atom stereocenters. The van der Waals surface area contributed by atoms with E-state index in [9.17, 15) is 14.7 Å². The molecule has 1 fully saturated rings. The lowest BCUT2D eigenvalue weighted by molar-refractivity contribution is -0.151. The zero-order valence-electron chi connectivity index (χ0n) is 10.8. The standard InChI is InChI=1S/C12H22N2O3/c1-4-13-11(17)14-7-5-6-9(8-14)12(2,3)10(15)16/h9H,4-8H2,1-3H3,(H,13,17)(H,15,16). The Morgan fingerprint density at radius 3 is 2.65 bits per heavy atom. The van der Waals surface area contributed by atoms with E-state index in [-0.39, 0.29) is 11.9 Å². The zero-order valence-corrected chi connectivity index (χ0v) is 10.8. The maximum Gasteiger partial charge on any atom is 0.317 e. The molecule has 1 aliphatic heterocycles. The molecule has 1 atom stereocenters. The summed E-state index contributed by atoms with van der Waals surface area (Å²) in [4.78, 5) is 24.6. The van der Waals surface area contributed by atoms with Crippen molar-refractivity contribution >= 4 is 12.0 Å². The van der Waals surface area contributed by atoms with Gasteiger partial charge in [0.05, 0.1) is 5.41 Å². The lowest BCUT2D eigenvalue weighted by Crippen LogP contribution is -2.49. The maximum atomic E-state index is 11.7. The van der Waals surface area contributed by atoms with Gasteiger partial charge in [-0.2, -0.15) is 0 Å². The molecule has 17 heavy (non-hydrogen) atoms. The topological polar surface area (TPSA) is 69.6 Å². The molecule has 1 aliphatic rings. The summed E-state index contributed by atoms with van der Waals surface area (Å²) in [6.45, 7) is 7.20. The van der Waals surface area contributed by atoms with Crippen molar-refractivity contribution in [3.05, 3.63) is 0 Å². The molecule has 0 bridgehead atoms. The van der Waals surface area contributed by atoms with Crippen LogP contribution in [-0.2, 0) is 4.79 Å². The smallest absolute Gasteiger partial charge is 0.317 e. The van der Waals surface area contributed by atoms with E-state index in [2.05, 4.69) is 5.32 Å². The van der Waals surface area contributed by atoms with Crippen molar-refractivity contribution < 1.29 is 14.7 Å². The summed E-state index contributed by atoms with van der Waals surface area (Å²) in [5.74, 6) is -0.767. The molecule has 98 valence electrons. The Morgan fingerprint density at radius 1 is 1.47 bits per heavy atom. The van der Waals surface area contributed by atoms with E-state index in [0.29, 0.717) is 13.1 Å². The van der Waals surface area contributed by atoms with Crippen LogP contribution in [0.25, 0.3) is 0 Å². The van der Waals surface area contributed by atoms with Gasteiger partial charge in [-0.3, -0.25) is 4.79 Å². The first-order valence-electron chi connectivity index (χ1n) is 6.15. The number of urea groups is 1. The van der Waals surface area contributed by atoms with E-state index >= 15 is 0 Å². The number of amides is 2. The Hall–Kier alpha value is -1.26. The molecule has 0 aromatic carbocycles. The van der Waals surface area contributed by atoms with Crippen LogP contribution in [0.1, 0.15) is 33.6 Å². The zero-order chi connectivity index (χ0) is 13.1. The van der Waals surface area contributed by atoms with Gasteiger partial charge in [0.25, 0.3) is 0 Å². The number of likely N-dealkylation sites (tertiary alicyclic amines) is 1. The number of carboxylic acids is 1. The number of rotatable bonds is 3. The van der Waals surface area contributed by atoms with Gasteiger partial charge in [-0.05, 0) is 39.5 Å². The van der Waals surface area contributed by atoms with Gasteiger partial charge in [-0.15, -0.1) is 0 Å². The molecular weight excluding hydrogens is 220 g/mol. The second-order valence-corrected chi connectivity index (χ2v) is 5.15. The first-order chi connectivity index (χ1) is 7.89. The minimum Gasteiger partial charge on any atom is -0.481 e. The molecule has 5 nitrogen and oxygen atoms in total. The van der Waals surface area contributed by atoms with Crippen LogP contribution in [0.5, 0.6) is 0 Å². The summed E-state index contributed by atoms with van der Waals surface area (Å²) >= 11 is 0. The molecule has 0 aromatic rings. The highest BCUT2D eigenvalue weighted by molar-refractivity contribution is 5.76. The van der Waals surface area contributed by atoms with Crippen LogP contribution in [0.15, 0.2) is 0 Å². The van der Waals surface area contributed by atoms with Gasteiger partial charge in [0, 0.05) is 19.6 Å². The molecule has 2 N–H and O–H groups in total. The monoisotopic (exact) mass is 242 g/mol. The summed E-state index contributed by atoms with van der Waals surface area (Å²) in [6, 6.07) is -0.0848. The molecule has 1 rings (SSSR count). The van der Waals surface area contributed by atoms with Gasteiger partial charge in [0.2, 0.25) is 0 Å². The Morgan fingerprint density at radius 2 is 2.12 bits per heavy atom. The number of hydrogen-bond donors (Lipinski definition) is 2. The number of carbonyl (C=O) groups excluding carboxylic acids is 1. The fraction of sp³-hybridized carbons (Fsp3) is 0.833. The number of carbonyl (C=O) groups is 2. The van der Waals surface area contributed by atoms with Crippen molar-refractivity contribution in [3.63, 3.8) is 0 Å². The van der Waals surface area contributed by atoms with Gasteiger partial charge < -0.3 is 15.3 Å². The quantitative estimate of drug-likeness (QED) is 0.788. The highest BCUT2D eigenvalue weighted by Crippen LogP contribution is 2.34. The molecule has 0 aromatic heterocycles. The summed E-state index contributed by atoms with van der Waals surface area (Å²) in [6.07, 6.45) is 1.74. The minimum atomic E-state index is -0.791. The Balaban J connectivity index is 2.66. The molecule has 0 saturated carbocycles. The summed E-state index contributed by atoms with van der Waals surface area (Å²) in [5, 5.41) is 12.0. The van der Waals surface area contributed by atoms with E-state index in [1.54, 1.807) is 18.7 Å². The Kier molecular flexibility index (Phi) is 4.37. The molecule has 1 heterocycles. The average Bonchev–Trinajstić information content (AvgIpc) is 2.29. The number of carboxylic acid groups (broad SMARTS) is 1. The van der Waals surface area contributed by atoms with Crippen molar-refractivity contribution in [1.82, 2.24) is 10.2 Å². The number of hydrogen-bond acceptors (Lipinski definition) is 2. The van der Waals surface area contributed by atoms with E-state index in [4.69, 9.17) is 0 Å². The predicted molar refractivity (Wildman–Crippen MR) is 64.8 cm³/mol. The van der Waals surface area contributed by atoms with Crippen LogP contribution in [0, 0.1) is 11.3 Å². The predicted octanol–water partition coefficient (Wildman–Crippen LogP) is 1.54. The highest BCUT2D eigenvalue weighted by atomic mass is 16.4. The molecule has 0 radical (unpaired) electrons. The van der Waals surface area contributed by atoms with E-state index in [1.165, 1.54) is 0 Å². The number of nitrogens with one attached hydrogen (secondary N) is 1. The third kappa shape index (κ3) is 3.11. The van der Waals surface area contributed by atoms with Gasteiger partial charge in [-0.25, -0.2) is 4.79 Å². The van der Waals surface area contributed by atoms with Gasteiger partial charge >= 0.3 is 12.0 Å². The summed E-state index contributed by atoms with van der Waals surface area (Å²) in [7, 11) is 0. The second-order valence-electron chi connectivity index (χ2n) is 5.15. The van der Waals surface area contributed by atoms with Crippen LogP contribution in [-0.4, -0.2) is 41.6 Å². The first kappa shape index (κ1) is 13.8. The van der Waals surface area contributed by atoms with E-state index in [0.717, 1.165) is 19.4 Å². The third-order valence-corrected chi connectivity index (χ3v) is 3.61. The normalized spacial score (nSPS) is 21.1. The molecular formula is C12H22N2O3. The minimum absolute atomic E-state index is 0.0244. The summed E-state index contributed by atoms with van der Waals surface area (Å²) < 4.78 is 0. The fourth-order valence-electron chi connectivity index (χ4n) is 2.19. The van der Waals surface area contributed by atoms with Crippen LogP contribution in [0.2, 0.25) is 0 Å². The van der Waals surface area contributed by atoms with Crippen molar-refractivity contribution in [1.29, 1.82) is 0 Å². The van der Waals surface area contributed by atoms with E-state index < -0.39 is 11.4 Å². The number of aliphatic carboxylic acids is 1. The van der Waals surface area contributed by atoms with Crippen molar-refractivity contribution in [2.75, 3.05) is 19.6 Å². The summed E-state index contributed by atoms with van der Waals surface area (Å²) in [5.41, 5.74) is -0.773. The SMILES string of the molecule is CCNC(=O)N1CCCC(C(C)(C)C(=O)O)C1. The fourth-order valence-corrected chi connectivity index (χ4v) is 2.19. The molecule has 0 aliphatic carbocycles. The van der Waals surface area contributed by atoms with Crippen molar-refractivity contribution in [2.45, 2.75) is 33.6 Å². The average molecular weight is 242 g/mol. The third-order valence-electron chi connectivity index (χ3n) is 3.61. The Bertz CT molecular complexity index is 302. The molecule has 0 spiro atoms. The van der Waals surface area contributed by atoms with Crippen LogP contribution in [0.4, 0.5) is 4.79 Å². The first-order valence-corrected chi connectivity index (χ1v) is 6.15. The Labute approximate surface area is 102 Å². The van der Waals surface area contributed by atoms with E-state index in [1.807, 2.05) is 6.92 Å². The maximum absolute atomic E-state index is 11.7. The van der Waals surface area contributed by atoms with Gasteiger partial charge in [-0.1, -0.05) is 0 Å². The number of nitrogens with zero attached hydrogens (tertiary/aromatic N) is 1. The second kappa shape index (κ2) is 5.38. The van der Waals surface area contributed by atoms with Crippen molar-refractivity contribution in [2.24, 2.45) is 11.3 Å². The highest BCUT2D eigenvalue weighted by Gasteiger charge is 2.39. The largest absolute Gasteiger partial charge is 0.481 e. The van der Waals surface area contributed by atoms with Crippen molar-refractivity contribution in [3.8, 4) is 0 Å². The molecule has 2 amide bonds. The van der Waals surface area contributed by atoms with Crippen LogP contribution in [0.3, 0.4) is 0 Å². The number of piperidine rings is 1. The molecule has 1 saturated heterocycles. The van der Waals surface area contributed by atoms with Gasteiger partial charge in [0.15, 0.2) is 0 Å². The van der Waals surface area contributed by atoms with Crippen LogP contribution < -0.4 is 5.32 Å².